The number of aliphatic hydroxyl groups is 1. The van der Waals surface area contributed by atoms with Crippen LogP contribution in [0.25, 0.3) is 0 Å². The second kappa shape index (κ2) is 6.24. The highest BCUT2D eigenvalue weighted by atomic mass is 19.4. The SMILES string of the molecule is CCC(C)CN(CCO)CC(F)(F)F. The van der Waals surface area contributed by atoms with Crippen molar-refractivity contribution in [1.82, 2.24) is 4.90 Å². The van der Waals surface area contributed by atoms with Crippen molar-refractivity contribution < 1.29 is 18.3 Å². The normalized spacial score (nSPS) is 14.8. The van der Waals surface area contributed by atoms with E-state index in [9.17, 15) is 13.2 Å². The minimum Gasteiger partial charge on any atom is -0.395 e. The van der Waals surface area contributed by atoms with Gasteiger partial charge < -0.3 is 5.11 Å². The molecule has 0 amide bonds. The summed E-state index contributed by atoms with van der Waals surface area (Å²) in [5, 5.41) is 8.61. The molecular formula is C9H18F3NO. The molecule has 2 nitrogen and oxygen atoms in total. The van der Waals surface area contributed by atoms with Crippen LogP contribution in [0.5, 0.6) is 0 Å². The second-order valence-electron chi connectivity index (χ2n) is 3.59. The van der Waals surface area contributed by atoms with Crippen molar-refractivity contribution in [3.8, 4) is 0 Å². The first-order chi connectivity index (χ1) is 6.39. The largest absolute Gasteiger partial charge is 0.401 e. The van der Waals surface area contributed by atoms with Crippen LogP contribution in [0.15, 0.2) is 0 Å². The van der Waals surface area contributed by atoms with E-state index in [1.165, 1.54) is 4.90 Å². The fourth-order valence-corrected chi connectivity index (χ4v) is 1.20. The number of aliphatic hydroxyl groups excluding tert-OH is 1. The van der Waals surface area contributed by atoms with Gasteiger partial charge in [-0.2, -0.15) is 13.2 Å². The van der Waals surface area contributed by atoms with Gasteiger partial charge in [0, 0.05) is 13.1 Å². The number of hydrogen-bond donors (Lipinski definition) is 1. The molecule has 86 valence electrons. The standard InChI is InChI=1S/C9H18F3NO/c1-3-8(2)6-13(4-5-14)7-9(10,11)12/h8,14H,3-7H2,1-2H3. The summed E-state index contributed by atoms with van der Waals surface area (Å²) in [6.07, 6.45) is -3.33. The van der Waals surface area contributed by atoms with Gasteiger partial charge in [0.15, 0.2) is 0 Å². The lowest BCUT2D eigenvalue weighted by Crippen LogP contribution is -2.38. The first kappa shape index (κ1) is 13.7. The first-order valence-electron chi connectivity index (χ1n) is 4.79. The van der Waals surface area contributed by atoms with Crippen LogP contribution in [0, 0.1) is 5.92 Å². The molecule has 1 N–H and O–H groups in total. The van der Waals surface area contributed by atoms with Crippen molar-refractivity contribution in [3.05, 3.63) is 0 Å². The zero-order valence-corrected chi connectivity index (χ0v) is 8.64. The molecular weight excluding hydrogens is 195 g/mol. The van der Waals surface area contributed by atoms with E-state index in [4.69, 9.17) is 5.11 Å². The Labute approximate surface area is 82.7 Å². The molecule has 0 heterocycles. The van der Waals surface area contributed by atoms with Crippen LogP contribution in [0.3, 0.4) is 0 Å². The third kappa shape index (κ3) is 7.15. The monoisotopic (exact) mass is 213 g/mol. The first-order valence-corrected chi connectivity index (χ1v) is 4.79. The molecule has 0 fully saturated rings. The zero-order valence-electron chi connectivity index (χ0n) is 8.64. The average molecular weight is 213 g/mol. The maximum absolute atomic E-state index is 12.1. The Morgan fingerprint density at radius 2 is 1.93 bits per heavy atom. The number of hydrogen-bond acceptors (Lipinski definition) is 2. The van der Waals surface area contributed by atoms with Crippen molar-refractivity contribution in [2.45, 2.75) is 26.4 Å². The Morgan fingerprint density at radius 1 is 1.36 bits per heavy atom. The summed E-state index contributed by atoms with van der Waals surface area (Å²) >= 11 is 0. The molecule has 5 heteroatoms. The molecule has 0 aliphatic carbocycles. The molecule has 0 aromatic carbocycles. The molecule has 0 bridgehead atoms. The Bertz CT molecular complexity index is 149. The third-order valence-corrected chi connectivity index (χ3v) is 2.09. The number of alkyl halides is 3. The summed E-state index contributed by atoms with van der Waals surface area (Å²) in [6.45, 7) is 3.15. The smallest absolute Gasteiger partial charge is 0.395 e. The van der Waals surface area contributed by atoms with Crippen LogP contribution in [-0.2, 0) is 0 Å². The van der Waals surface area contributed by atoms with Crippen LogP contribution in [0.1, 0.15) is 20.3 Å². The van der Waals surface area contributed by atoms with Gasteiger partial charge in [0.1, 0.15) is 0 Å². The van der Waals surface area contributed by atoms with Crippen LogP contribution < -0.4 is 0 Å². The molecule has 0 spiro atoms. The Kier molecular flexibility index (Phi) is 6.11. The molecule has 0 aliphatic heterocycles. The van der Waals surface area contributed by atoms with E-state index >= 15 is 0 Å². The average Bonchev–Trinajstić information content (AvgIpc) is 2.01. The molecule has 0 aromatic rings. The quantitative estimate of drug-likeness (QED) is 0.728. The molecule has 0 saturated carbocycles. The maximum atomic E-state index is 12.1. The van der Waals surface area contributed by atoms with Gasteiger partial charge in [-0.1, -0.05) is 20.3 Å². The summed E-state index contributed by atoms with van der Waals surface area (Å²) in [5.74, 6) is 0.226. The van der Waals surface area contributed by atoms with Crippen molar-refractivity contribution in [1.29, 1.82) is 0 Å². The highest BCUT2D eigenvalue weighted by molar-refractivity contribution is 4.65. The van der Waals surface area contributed by atoms with Gasteiger partial charge in [-0.25, -0.2) is 0 Å². The minimum absolute atomic E-state index is 0.0872. The lowest BCUT2D eigenvalue weighted by atomic mass is 10.1. The highest BCUT2D eigenvalue weighted by Crippen LogP contribution is 2.17. The summed E-state index contributed by atoms with van der Waals surface area (Å²) in [6, 6.07) is 0. The van der Waals surface area contributed by atoms with E-state index < -0.39 is 12.7 Å². The lowest BCUT2D eigenvalue weighted by Gasteiger charge is -2.25. The van der Waals surface area contributed by atoms with Gasteiger partial charge in [-0.3, -0.25) is 4.90 Å². The van der Waals surface area contributed by atoms with Crippen LogP contribution in [-0.4, -0.2) is 42.4 Å². The Hall–Kier alpha value is -0.290. The predicted octanol–water partition coefficient (Wildman–Crippen LogP) is 1.89. The van der Waals surface area contributed by atoms with E-state index in [1.807, 2.05) is 13.8 Å². The molecule has 1 unspecified atom stereocenters. The summed E-state index contributed by atoms with van der Waals surface area (Å²) in [4.78, 5) is 1.24. The van der Waals surface area contributed by atoms with Crippen molar-refractivity contribution in [2.24, 2.45) is 5.92 Å². The van der Waals surface area contributed by atoms with Crippen molar-refractivity contribution in [3.63, 3.8) is 0 Å². The van der Waals surface area contributed by atoms with E-state index in [0.717, 1.165) is 6.42 Å². The van der Waals surface area contributed by atoms with Crippen LogP contribution in [0.4, 0.5) is 13.2 Å². The van der Waals surface area contributed by atoms with Gasteiger partial charge in [0.05, 0.1) is 13.2 Å². The lowest BCUT2D eigenvalue weighted by molar-refractivity contribution is -0.147. The number of halogens is 3. The van der Waals surface area contributed by atoms with Crippen LogP contribution >= 0.6 is 0 Å². The Morgan fingerprint density at radius 3 is 2.29 bits per heavy atom. The van der Waals surface area contributed by atoms with E-state index in [-0.39, 0.29) is 19.1 Å². The summed E-state index contributed by atoms with van der Waals surface area (Å²) in [5.41, 5.74) is 0. The van der Waals surface area contributed by atoms with Gasteiger partial charge in [0.2, 0.25) is 0 Å². The van der Waals surface area contributed by atoms with Crippen LogP contribution in [0.2, 0.25) is 0 Å². The minimum atomic E-state index is -4.18. The zero-order chi connectivity index (χ0) is 11.2. The van der Waals surface area contributed by atoms with Gasteiger partial charge in [0.25, 0.3) is 0 Å². The molecule has 1 atom stereocenters. The number of nitrogens with zero attached hydrogens (tertiary/aromatic N) is 1. The molecule has 14 heavy (non-hydrogen) atoms. The fourth-order valence-electron chi connectivity index (χ4n) is 1.20. The highest BCUT2D eigenvalue weighted by Gasteiger charge is 2.30. The van der Waals surface area contributed by atoms with Gasteiger partial charge >= 0.3 is 6.18 Å². The summed E-state index contributed by atoms with van der Waals surface area (Å²) < 4.78 is 36.2. The van der Waals surface area contributed by atoms with Crippen molar-refractivity contribution >= 4 is 0 Å². The molecule has 0 saturated heterocycles. The molecule has 0 rings (SSSR count). The fraction of sp³-hybridized carbons (Fsp3) is 1.00. The van der Waals surface area contributed by atoms with E-state index in [0.29, 0.717) is 6.54 Å². The molecule has 0 aromatic heterocycles. The second-order valence-corrected chi connectivity index (χ2v) is 3.59. The third-order valence-electron chi connectivity index (χ3n) is 2.09. The van der Waals surface area contributed by atoms with Crippen molar-refractivity contribution in [2.75, 3.05) is 26.2 Å². The summed E-state index contributed by atoms with van der Waals surface area (Å²) in [7, 11) is 0. The topological polar surface area (TPSA) is 23.5 Å². The molecule has 0 radical (unpaired) electrons. The van der Waals surface area contributed by atoms with Gasteiger partial charge in [-0.05, 0) is 5.92 Å². The Balaban J connectivity index is 4.01. The van der Waals surface area contributed by atoms with Gasteiger partial charge in [-0.15, -0.1) is 0 Å². The maximum Gasteiger partial charge on any atom is 0.401 e. The molecule has 0 aliphatic rings. The van der Waals surface area contributed by atoms with E-state index in [2.05, 4.69) is 0 Å². The van der Waals surface area contributed by atoms with E-state index in [1.54, 1.807) is 0 Å². The number of rotatable bonds is 6. The predicted molar refractivity (Wildman–Crippen MR) is 49.0 cm³/mol.